The first-order valence-electron chi connectivity index (χ1n) is 35.0. The van der Waals surface area contributed by atoms with Crippen LogP contribution in [0.15, 0.2) is 97.2 Å². The molecule has 1 amide bonds. The Morgan fingerprint density at radius 3 is 1.22 bits per heavy atom. The lowest BCUT2D eigenvalue weighted by molar-refractivity contribution is -0.359. The number of nitrogens with one attached hydrogen (secondary N) is 1. The molecule has 0 aliphatic carbocycles. The lowest BCUT2D eigenvalue weighted by Gasteiger charge is -2.46. The van der Waals surface area contributed by atoms with E-state index in [1.807, 2.05) is 6.08 Å². The van der Waals surface area contributed by atoms with E-state index in [1.54, 1.807) is 6.08 Å². The van der Waals surface area contributed by atoms with Crippen LogP contribution in [-0.4, -0.2) is 140 Å². The molecule has 87 heavy (non-hydrogen) atoms. The molecule has 12 atom stereocenters. The second-order valence-corrected chi connectivity index (χ2v) is 24.3. The summed E-state index contributed by atoms with van der Waals surface area (Å²) in [5.41, 5.74) is 0. The zero-order valence-electron chi connectivity index (χ0n) is 54.5. The fourth-order valence-electron chi connectivity index (χ4n) is 11.0. The van der Waals surface area contributed by atoms with E-state index < -0.39 is 86.8 Å². The van der Waals surface area contributed by atoms with Gasteiger partial charge >= 0.3 is 0 Å². The Balaban J connectivity index is 1.72. The Hall–Kier alpha value is -3.09. The third-order valence-corrected chi connectivity index (χ3v) is 16.5. The summed E-state index contributed by atoms with van der Waals surface area (Å²) in [6.45, 7) is 2.69. The summed E-state index contributed by atoms with van der Waals surface area (Å²) in [6, 6.07) is -0.934. The Morgan fingerprint density at radius 2 is 0.793 bits per heavy atom. The highest BCUT2D eigenvalue weighted by Gasteiger charge is 2.51. The molecule has 2 aliphatic heterocycles. The number of allylic oxidation sites excluding steroid dienone is 15. The molecule has 2 heterocycles. The number of carbonyl (C=O) groups excluding carboxylic acids is 1. The van der Waals surface area contributed by atoms with Gasteiger partial charge in [0.15, 0.2) is 12.6 Å². The lowest BCUT2D eigenvalue weighted by Crippen LogP contribution is -2.65. The Morgan fingerprint density at radius 1 is 0.425 bits per heavy atom. The van der Waals surface area contributed by atoms with Gasteiger partial charge in [-0.2, -0.15) is 0 Å². The van der Waals surface area contributed by atoms with Gasteiger partial charge in [0.05, 0.1) is 32.0 Å². The van der Waals surface area contributed by atoms with Gasteiger partial charge in [-0.25, -0.2) is 0 Å². The topological polar surface area (TPSA) is 228 Å². The fraction of sp³-hybridized carbons (Fsp3) is 0.767. The highest BCUT2D eigenvalue weighted by molar-refractivity contribution is 5.76. The molecule has 0 saturated carbocycles. The van der Waals surface area contributed by atoms with Gasteiger partial charge in [-0.15, -0.1) is 0 Å². The number of hydrogen-bond donors (Lipinski definition) is 9. The number of aliphatic hydroxyl groups excluding tert-OH is 8. The molecular weight excluding hydrogens is 1100 g/mol. The van der Waals surface area contributed by atoms with E-state index >= 15 is 0 Å². The summed E-state index contributed by atoms with van der Waals surface area (Å²) >= 11 is 0. The van der Waals surface area contributed by atoms with Crippen LogP contribution >= 0.6 is 0 Å². The van der Waals surface area contributed by atoms with Crippen molar-refractivity contribution in [3.05, 3.63) is 97.2 Å². The Bertz CT molecular complexity index is 1830. The van der Waals surface area contributed by atoms with Crippen LogP contribution in [0.2, 0.25) is 0 Å². The highest BCUT2D eigenvalue weighted by atomic mass is 16.7. The first-order valence-corrected chi connectivity index (χ1v) is 35.0. The minimum atomic E-state index is -1.80. The summed E-state index contributed by atoms with van der Waals surface area (Å²) in [5, 5.41) is 87.4. The fourth-order valence-corrected chi connectivity index (χ4v) is 11.0. The van der Waals surface area contributed by atoms with Gasteiger partial charge in [0.2, 0.25) is 5.91 Å². The molecule has 0 aromatic heterocycles. The first kappa shape index (κ1) is 80.0. The molecule has 2 saturated heterocycles. The molecule has 0 aromatic rings. The number of ether oxygens (including phenoxy) is 4. The quantitative estimate of drug-likeness (QED) is 0.0204. The van der Waals surface area contributed by atoms with Crippen LogP contribution in [0.5, 0.6) is 0 Å². The average Bonchev–Trinajstić information content (AvgIpc) is 2.58. The molecule has 0 spiro atoms. The maximum atomic E-state index is 13.3. The monoisotopic (exact) mass is 1230 g/mol. The van der Waals surface area contributed by atoms with Gasteiger partial charge in [-0.3, -0.25) is 4.79 Å². The molecule has 14 heteroatoms. The minimum Gasteiger partial charge on any atom is -0.394 e. The van der Waals surface area contributed by atoms with Gasteiger partial charge in [0.1, 0.15) is 48.8 Å². The smallest absolute Gasteiger partial charge is 0.220 e. The van der Waals surface area contributed by atoms with Crippen molar-refractivity contribution in [2.24, 2.45) is 0 Å². The lowest BCUT2D eigenvalue weighted by atomic mass is 9.97. The standard InChI is InChI=1S/C73H127NO13/c1-3-5-7-9-11-13-15-17-19-21-23-25-27-29-31-33-35-37-39-41-43-45-47-49-51-53-55-57-65(78)74-61(60-84-72-70(83)68(81)71(64(59-76)86-72)87-73-69(82)67(80)66(79)63(58-75)85-73)62(77)56-54-52-50-48-46-44-42-40-38-36-34-32-30-28-26-24-22-20-18-16-14-12-10-8-6-4-2/h5,7,11,13,17,19,23,25,29,31,35,37,41,43,54,56,61-64,66-73,75-77,79-83H,3-4,6,8-10,12,14-16,18,20-22,24,26-28,30,32-34,36,38-40,42,44-53,55,57-60H2,1-2H3,(H,74,78)/b7-5-,13-11-,19-17-,25-23-,31-29-,37-35-,43-41-,56-54+. The summed E-state index contributed by atoms with van der Waals surface area (Å²) in [6.07, 6.45) is 63.0. The van der Waals surface area contributed by atoms with Crippen LogP contribution < -0.4 is 5.32 Å². The van der Waals surface area contributed by atoms with Crippen molar-refractivity contribution in [1.82, 2.24) is 5.32 Å². The predicted molar refractivity (Wildman–Crippen MR) is 355 cm³/mol. The Labute approximate surface area is 528 Å². The highest BCUT2D eigenvalue weighted by Crippen LogP contribution is 2.30. The molecule has 502 valence electrons. The van der Waals surface area contributed by atoms with Crippen molar-refractivity contribution in [3.8, 4) is 0 Å². The number of aliphatic hydroxyl groups is 8. The largest absolute Gasteiger partial charge is 0.394 e. The maximum absolute atomic E-state index is 13.3. The van der Waals surface area contributed by atoms with Gasteiger partial charge in [0.25, 0.3) is 0 Å². The van der Waals surface area contributed by atoms with E-state index in [1.165, 1.54) is 141 Å². The third-order valence-electron chi connectivity index (χ3n) is 16.5. The summed E-state index contributed by atoms with van der Waals surface area (Å²) in [4.78, 5) is 13.3. The molecule has 14 nitrogen and oxygen atoms in total. The van der Waals surface area contributed by atoms with Gasteiger partial charge in [0, 0.05) is 6.42 Å². The van der Waals surface area contributed by atoms with Crippen molar-refractivity contribution in [3.63, 3.8) is 0 Å². The molecule has 0 bridgehead atoms. The van der Waals surface area contributed by atoms with Gasteiger partial charge in [-0.05, 0) is 77.0 Å². The number of carbonyl (C=O) groups is 1. The van der Waals surface area contributed by atoms with Crippen LogP contribution in [0.3, 0.4) is 0 Å². The number of unbranched alkanes of at least 4 members (excludes halogenated alkanes) is 29. The molecule has 2 fully saturated rings. The van der Waals surface area contributed by atoms with E-state index in [0.29, 0.717) is 6.42 Å². The second kappa shape index (κ2) is 56.9. The number of hydrogen-bond acceptors (Lipinski definition) is 13. The van der Waals surface area contributed by atoms with Gasteiger partial charge in [-0.1, -0.05) is 278 Å². The van der Waals surface area contributed by atoms with Crippen molar-refractivity contribution < 1.29 is 64.6 Å². The zero-order chi connectivity index (χ0) is 63.1. The number of rotatable bonds is 56. The second-order valence-electron chi connectivity index (χ2n) is 24.3. The molecule has 9 N–H and O–H groups in total. The van der Waals surface area contributed by atoms with Crippen LogP contribution in [0, 0.1) is 0 Å². The summed E-state index contributed by atoms with van der Waals surface area (Å²) < 4.78 is 22.8. The van der Waals surface area contributed by atoms with Crippen LogP contribution in [-0.2, 0) is 23.7 Å². The van der Waals surface area contributed by atoms with Crippen molar-refractivity contribution in [2.75, 3.05) is 19.8 Å². The van der Waals surface area contributed by atoms with Crippen molar-refractivity contribution >= 4 is 5.91 Å². The van der Waals surface area contributed by atoms with E-state index in [-0.39, 0.29) is 18.9 Å². The summed E-state index contributed by atoms with van der Waals surface area (Å²) in [5.74, 6) is -0.259. The predicted octanol–water partition coefficient (Wildman–Crippen LogP) is 14.2. The SMILES string of the molecule is CC/C=C\C/C=C\C/C=C\C/C=C\C/C=C\C/C=C\C/C=C\CCCCCCCC(=O)NC(COC1OC(CO)C(OC2OC(CO)C(O)C(O)C2O)C(O)C1O)C(O)/C=C/CCCCCCCCCCCCCCCCCCCCCCCCCC. The molecule has 0 aromatic carbocycles. The molecule has 2 rings (SSSR count). The molecular formula is C73H127NO13. The first-order chi connectivity index (χ1) is 42.6. The third kappa shape index (κ3) is 41.1. The van der Waals surface area contributed by atoms with Crippen molar-refractivity contribution in [2.45, 2.75) is 338 Å². The van der Waals surface area contributed by atoms with Crippen LogP contribution in [0.25, 0.3) is 0 Å². The summed E-state index contributed by atoms with van der Waals surface area (Å²) in [7, 11) is 0. The molecule has 12 unspecified atom stereocenters. The van der Waals surface area contributed by atoms with Gasteiger partial charge < -0.3 is 65.1 Å². The van der Waals surface area contributed by atoms with E-state index in [2.05, 4.69) is 104 Å². The van der Waals surface area contributed by atoms with Crippen LogP contribution in [0.4, 0.5) is 0 Å². The van der Waals surface area contributed by atoms with E-state index in [4.69, 9.17) is 18.9 Å². The van der Waals surface area contributed by atoms with Crippen LogP contribution in [0.1, 0.15) is 264 Å². The average molecular weight is 1230 g/mol. The van der Waals surface area contributed by atoms with E-state index in [9.17, 15) is 45.6 Å². The van der Waals surface area contributed by atoms with Crippen molar-refractivity contribution in [1.29, 1.82) is 0 Å². The normalized spacial score (nSPS) is 23.9. The minimum absolute atomic E-state index is 0.253. The van der Waals surface area contributed by atoms with E-state index in [0.717, 1.165) is 96.3 Å². The number of amides is 1. The molecule has 2 aliphatic rings. The Kier molecular flexibility index (Phi) is 52.3. The zero-order valence-corrected chi connectivity index (χ0v) is 54.5. The maximum Gasteiger partial charge on any atom is 0.220 e. The molecule has 0 radical (unpaired) electrons.